The molecular weight excluding hydrogens is 511 g/mol. The number of ether oxygens (including phenoxy) is 1. The van der Waals surface area contributed by atoms with E-state index in [9.17, 15) is 22.8 Å². The molecule has 1 fully saturated rings. The SMILES string of the molecule is C=CC(=O)N(CCF)CCOc1cnc(N)nc1-c1cc(F)cc(NC(=O)c2ccc(C3CC3)cc2F)c1C. The molecule has 0 saturated heterocycles. The van der Waals surface area contributed by atoms with E-state index in [2.05, 4.69) is 21.9 Å². The molecule has 0 bridgehead atoms. The van der Waals surface area contributed by atoms with E-state index in [1.165, 1.54) is 29.3 Å². The van der Waals surface area contributed by atoms with Crippen LogP contribution >= 0.6 is 0 Å². The highest BCUT2D eigenvalue weighted by Gasteiger charge is 2.25. The third kappa shape index (κ3) is 6.54. The highest BCUT2D eigenvalue weighted by Crippen LogP contribution is 2.40. The molecule has 3 N–H and O–H groups in total. The molecule has 4 rings (SSSR count). The summed E-state index contributed by atoms with van der Waals surface area (Å²) in [5, 5.41) is 2.58. The smallest absolute Gasteiger partial charge is 0.258 e. The van der Waals surface area contributed by atoms with Crippen molar-refractivity contribution in [3.63, 3.8) is 0 Å². The molecule has 204 valence electrons. The highest BCUT2D eigenvalue weighted by molar-refractivity contribution is 6.05. The van der Waals surface area contributed by atoms with Crippen LogP contribution in [0.1, 0.15) is 40.2 Å². The molecule has 1 aliphatic carbocycles. The maximum Gasteiger partial charge on any atom is 0.258 e. The summed E-state index contributed by atoms with van der Waals surface area (Å²) in [6.45, 7) is 4.17. The number of anilines is 2. The molecule has 0 spiro atoms. The van der Waals surface area contributed by atoms with Gasteiger partial charge in [-0.3, -0.25) is 9.59 Å². The standard InChI is InChI=1S/C28H28F3N5O3/c1-3-25(37)36(9-8-29)10-11-39-24-15-33-28(32)35-26(24)21-13-19(30)14-23(16(21)2)34-27(38)20-7-6-18(12-22(20)31)17-4-5-17/h3,6-7,12-15,17H,1,4-5,8-11H2,2H3,(H,34,38)(H2,32,33,35). The summed E-state index contributed by atoms with van der Waals surface area (Å²) in [5.41, 5.74) is 7.40. The van der Waals surface area contributed by atoms with Gasteiger partial charge in [-0.25, -0.2) is 23.1 Å². The van der Waals surface area contributed by atoms with Crippen molar-refractivity contribution in [2.24, 2.45) is 0 Å². The van der Waals surface area contributed by atoms with Crippen LogP contribution in [0.5, 0.6) is 5.75 Å². The summed E-state index contributed by atoms with van der Waals surface area (Å²) in [6, 6.07) is 6.83. The number of amides is 2. The average Bonchev–Trinajstić information content (AvgIpc) is 3.76. The Kier molecular flexibility index (Phi) is 8.48. The van der Waals surface area contributed by atoms with Gasteiger partial charge in [0.05, 0.1) is 18.3 Å². The van der Waals surface area contributed by atoms with Crippen LogP contribution in [-0.2, 0) is 4.79 Å². The molecular formula is C28H28F3N5O3. The van der Waals surface area contributed by atoms with Gasteiger partial charge in [-0.2, -0.15) is 0 Å². The summed E-state index contributed by atoms with van der Waals surface area (Å²) >= 11 is 0. The van der Waals surface area contributed by atoms with E-state index in [-0.39, 0.29) is 53.9 Å². The first kappa shape index (κ1) is 27.6. The van der Waals surface area contributed by atoms with Crippen molar-refractivity contribution in [1.82, 2.24) is 14.9 Å². The first-order valence-corrected chi connectivity index (χ1v) is 12.4. The number of hydrogen-bond acceptors (Lipinski definition) is 6. The largest absolute Gasteiger partial charge is 0.488 e. The second kappa shape index (κ2) is 12.0. The second-order valence-electron chi connectivity index (χ2n) is 9.10. The van der Waals surface area contributed by atoms with Crippen molar-refractivity contribution in [1.29, 1.82) is 0 Å². The molecule has 1 saturated carbocycles. The molecule has 11 heteroatoms. The summed E-state index contributed by atoms with van der Waals surface area (Å²) < 4.78 is 48.0. The van der Waals surface area contributed by atoms with Gasteiger partial charge in [0, 0.05) is 17.8 Å². The van der Waals surface area contributed by atoms with Crippen molar-refractivity contribution in [3.05, 3.63) is 77.5 Å². The Morgan fingerprint density at radius 1 is 1.23 bits per heavy atom. The molecule has 0 aliphatic heterocycles. The summed E-state index contributed by atoms with van der Waals surface area (Å²) in [4.78, 5) is 34.1. The molecule has 0 radical (unpaired) electrons. The number of nitrogens with one attached hydrogen (secondary N) is 1. The monoisotopic (exact) mass is 539 g/mol. The molecule has 0 atom stereocenters. The molecule has 2 amide bonds. The van der Waals surface area contributed by atoms with Gasteiger partial charge in [0.15, 0.2) is 5.75 Å². The predicted octanol–water partition coefficient (Wildman–Crippen LogP) is 4.81. The van der Waals surface area contributed by atoms with Gasteiger partial charge in [0.1, 0.15) is 30.6 Å². The van der Waals surface area contributed by atoms with Gasteiger partial charge < -0.3 is 20.7 Å². The lowest BCUT2D eigenvalue weighted by Crippen LogP contribution is -2.35. The number of halogens is 3. The lowest BCUT2D eigenvalue weighted by Gasteiger charge is -2.20. The number of rotatable bonds is 11. The number of nitrogen functional groups attached to an aromatic ring is 1. The number of carbonyl (C=O) groups is 2. The Balaban J connectivity index is 1.58. The maximum atomic E-state index is 14.7. The molecule has 1 aliphatic rings. The van der Waals surface area contributed by atoms with Gasteiger partial charge in [-0.05, 0) is 67.2 Å². The Morgan fingerprint density at radius 2 is 2.00 bits per heavy atom. The zero-order chi connectivity index (χ0) is 28.1. The van der Waals surface area contributed by atoms with E-state index in [4.69, 9.17) is 10.5 Å². The minimum absolute atomic E-state index is 0.0477. The third-order valence-corrected chi connectivity index (χ3v) is 6.40. The Hall–Kier alpha value is -4.41. The Labute approximate surface area is 223 Å². The van der Waals surface area contributed by atoms with Gasteiger partial charge in [0.2, 0.25) is 11.9 Å². The van der Waals surface area contributed by atoms with Crippen LogP contribution in [0.3, 0.4) is 0 Å². The van der Waals surface area contributed by atoms with Crippen LogP contribution in [0, 0.1) is 18.6 Å². The fourth-order valence-corrected chi connectivity index (χ4v) is 4.14. The van der Waals surface area contributed by atoms with E-state index in [0.29, 0.717) is 11.5 Å². The Bertz CT molecular complexity index is 1410. The third-order valence-electron chi connectivity index (χ3n) is 6.40. The average molecular weight is 540 g/mol. The zero-order valence-corrected chi connectivity index (χ0v) is 21.3. The molecule has 2 aromatic carbocycles. The van der Waals surface area contributed by atoms with Crippen LogP contribution in [0.4, 0.5) is 24.8 Å². The fourth-order valence-electron chi connectivity index (χ4n) is 4.14. The summed E-state index contributed by atoms with van der Waals surface area (Å²) in [7, 11) is 0. The summed E-state index contributed by atoms with van der Waals surface area (Å²) in [5.74, 6) is -2.17. The number of alkyl halides is 1. The molecule has 1 heterocycles. The highest BCUT2D eigenvalue weighted by atomic mass is 19.1. The van der Waals surface area contributed by atoms with Gasteiger partial charge in [-0.15, -0.1) is 0 Å². The van der Waals surface area contributed by atoms with Gasteiger partial charge in [-0.1, -0.05) is 12.6 Å². The molecule has 1 aromatic heterocycles. The number of hydrogen-bond donors (Lipinski definition) is 2. The van der Waals surface area contributed by atoms with Crippen LogP contribution in [0.15, 0.2) is 49.2 Å². The van der Waals surface area contributed by atoms with Gasteiger partial charge >= 0.3 is 0 Å². The molecule has 0 unspecified atom stereocenters. The fraction of sp³-hybridized carbons (Fsp3) is 0.286. The molecule has 39 heavy (non-hydrogen) atoms. The van der Waals surface area contributed by atoms with Crippen LogP contribution in [-0.4, -0.2) is 53.1 Å². The number of nitrogens with two attached hydrogens (primary N) is 1. The lowest BCUT2D eigenvalue weighted by molar-refractivity contribution is -0.126. The zero-order valence-electron chi connectivity index (χ0n) is 21.3. The van der Waals surface area contributed by atoms with Crippen molar-refractivity contribution in [2.45, 2.75) is 25.7 Å². The number of aromatic nitrogens is 2. The maximum absolute atomic E-state index is 14.7. The molecule has 8 nitrogen and oxygen atoms in total. The van der Waals surface area contributed by atoms with Gasteiger partial charge in [0.25, 0.3) is 5.91 Å². The van der Waals surface area contributed by atoms with Crippen molar-refractivity contribution < 1.29 is 27.5 Å². The molecule has 3 aromatic rings. The Morgan fingerprint density at radius 3 is 2.67 bits per heavy atom. The normalized spacial score (nSPS) is 12.6. The summed E-state index contributed by atoms with van der Waals surface area (Å²) in [6.07, 6.45) is 4.37. The topological polar surface area (TPSA) is 110 Å². The van der Waals surface area contributed by atoms with Crippen molar-refractivity contribution in [3.8, 4) is 17.0 Å². The number of benzene rings is 2. The van der Waals surface area contributed by atoms with E-state index in [1.807, 2.05) is 0 Å². The van der Waals surface area contributed by atoms with E-state index < -0.39 is 30.1 Å². The lowest BCUT2D eigenvalue weighted by atomic mass is 10.0. The van der Waals surface area contributed by atoms with Crippen LogP contribution < -0.4 is 15.8 Å². The second-order valence-corrected chi connectivity index (χ2v) is 9.10. The predicted molar refractivity (Wildman–Crippen MR) is 141 cm³/mol. The van der Waals surface area contributed by atoms with Crippen LogP contribution in [0.25, 0.3) is 11.3 Å². The van der Waals surface area contributed by atoms with E-state index in [1.54, 1.807) is 13.0 Å². The van der Waals surface area contributed by atoms with Crippen molar-refractivity contribution in [2.75, 3.05) is 37.4 Å². The minimum Gasteiger partial charge on any atom is -0.488 e. The van der Waals surface area contributed by atoms with Crippen molar-refractivity contribution >= 4 is 23.5 Å². The first-order chi connectivity index (χ1) is 18.7. The first-order valence-electron chi connectivity index (χ1n) is 12.4. The minimum atomic E-state index is -0.735. The number of carbonyl (C=O) groups excluding carboxylic acids is 2. The van der Waals surface area contributed by atoms with E-state index in [0.717, 1.165) is 30.5 Å². The number of nitrogens with zero attached hydrogens (tertiary/aromatic N) is 3. The van der Waals surface area contributed by atoms with E-state index >= 15 is 0 Å². The quantitative estimate of drug-likeness (QED) is 0.339. The van der Waals surface area contributed by atoms with Crippen LogP contribution in [0.2, 0.25) is 0 Å².